The van der Waals surface area contributed by atoms with Crippen LogP contribution < -0.4 is 9.80 Å². The molecule has 178 valence electrons. The van der Waals surface area contributed by atoms with Crippen molar-refractivity contribution >= 4 is 35.0 Å². The monoisotopic (exact) mass is 483 g/mol. The Bertz CT molecular complexity index is 1290. The Balaban J connectivity index is 1.48. The zero-order chi connectivity index (χ0) is 24.5. The Morgan fingerprint density at radius 3 is 2.03 bits per heavy atom. The van der Waals surface area contributed by atoms with Gasteiger partial charge in [0, 0.05) is 36.8 Å². The van der Waals surface area contributed by atoms with Gasteiger partial charge in [0.2, 0.25) is 0 Å². The van der Waals surface area contributed by atoms with Crippen molar-refractivity contribution < 1.29 is 9.59 Å². The van der Waals surface area contributed by atoms with E-state index in [1.54, 1.807) is 0 Å². The van der Waals surface area contributed by atoms with Gasteiger partial charge in [0.05, 0.1) is 5.69 Å². The van der Waals surface area contributed by atoms with E-state index >= 15 is 0 Å². The molecule has 0 aliphatic carbocycles. The molecule has 3 aromatic rings. The molecular formula is C29H29N3O2S. The average Bonchev–Trinajstić information content (AvgIpc) is 3.12. The van der Waals surface area contributed by atoms with E-state index in [4.69, 9.17) is 0 Å². The Morgan fingerprint density at radius 1 is 0.686 bits per heavy atom. The molecule has 3 aromatic carbocycles. The molecular weight excluding hydrogens is 454 g/mol. The summed E-state index contributed by atoms with van der Waals surface area (Å²) >= 11 is 1.39. The van der Waals surface area contributed by atoms with E-state index in [0.29, 0.717) is 29.4 Å². The lowest BCUT2D eigenvalue weighted by atomic mass is 10.1. The van der Waals surface area contributed by atoms with Crippen LogP contribution in [0.5, 0.6) is 0 Å². The number of amides is 2. The van der Waals surface area contributed by atoms with Gasteiger partial charge in [-0.25, -0.2) is 4.90 Å². The molecule has 5 nitrogen and oxygen atoms in total. The summed E-state index contributed by atoms with van der Waals surface area (Å²) in [4.78, 5) is 34.9. The largest absolute Gasteiger partial charge is 0.368 e. The highest BCUT2D eigenvalue weighted by molar-refractivity contribution is 8.04. The number of benzene rings is 3. The highest BCUT2D eigenvalue weighted by Gasteiger charge is 2.43. The summed E-state index contributed by atoms with van der Waals surface area (Å²) < 4.78 is 0. The molecule has 2 amide bonds. The van der Waals surface area contributed by atoms with E-state index < -0.39 is 0 Å². The number of nitrogens with zero attached hydrogens (tertiary/aromatic N) is 3. The zero-order valence-corrected chi connectivity index (χ0v) is 21.1. The molecule has 5 rings (SSSR count). The zero-order valence-electron chi connectivity index (χ0n) is 20.3. The van der Waals surface area contributed by atoms with Gasteiger partial charge < -0.3 is 9.80 Å². The Labute approximate surface area is 211 Å². The van der Waals surface area contributed by atoms with Gasteiger partial charge in [-0.2, -0.15) is 0 Å². The third kappa shape index (κ3) is 4.46. The molecule has 1 saturated heterocycles. The first-order chi connectivity index (χ1) is 16.9. The fraction of sp³-hybridized carbons (Fsp3) is 0.241. The van der Waals surface area contributed by atoms with Crippen molar-refractivity contribution in [3.63, 3.8) is 0 Å². The maximum absolute atomic E-state index is 13.9. The molecule has 1 fully saturated rings. The average molecular weight is 484 g/mol. The fourth-order valence-corrected chi connectivity index (χ4v) is 5.62. The molecule has 0 radical (unpaired) electrons. The number of hydrogen-bond acceptors (Lipinski definition) is 5. The van der Waals surface area contributed by atoms with Gasteiger partial charge in [-0.1, -0.05) is 59.8 Å². The second kappa shape index (κ2) is 9.62. The Kier molecular flexibility index (Phi) is 6.39. The van der Waals surface area contributed by atoms with Gasteiger partial charge in [-0.15, -0.1) is 0 Å². The molecule has 0 aromatic heterocycles. The first-order valence-electron chi connectivity index (χ1n) is 11.9. The van der Waals surface area contributed by atoms with Crippen LogP contribution in [-0.2, 0) is 9.59 Å². The third-order valence-corrected chi connectivity index (χ3v) is 7.87. The molecule has 0 atom stereocenters. The molecule has 0 spiro atoms. The van der Waals surface area contributed by atoms with Crippen molar-refractivity contribution in [2.75, 3.05) is 36.0 Å². The van der Waals surface area contributed by atoms with E-state index in [0.717, 1.165) is 34.7 Å². The van der Waals surface area contributed by atoms with Gasteiger partial charge in [-0.05, 0) is 62.2 Å². The number of carbonyl (C=O) groups is 2. The van der Waals surface area contributed by atoms with E-state index in [-0.39, 0.29) is 11.8 Å². The van der Waals surface area contributed by atoms with Crippen molar-refractivity contribution in [1.82, 2.24) is 4.90 Å². The van der Waals surface area contributed by atoms with Crippen LogP contribution in [0, 0.1) is 20.8 Å². The summed E-state index contributed by atoms with van der Waals surface area (Å²) in [5.74, 6) is -0.471. The van der Waals surface area contributed by atoms with Gasteiger partial charge in [-0.3, -0.25) is 9.59 Å². The number of piperazine rings is 1. The second-order valence-corrected chi connectivity index (χ2v) is 10.2. The smallest absolute Gasteiger partial charge is 0.283 e. The molecule has 0 N–H and O–H groups in total. The molecule has 2 aliphatic heterocycles. The Hall–Kier alpha value is -3.51. The van der Waals surface area contributed by atoms with Crippen LogP contribution in [0.4, 0.5) is 11.4 Å². The maximum atomic E-state index is 13.9. The summed E-state index contributed by atoms with van der Waals surface area (Å²) in [7, 11) is 0. The van der Waals surface area contributed by atoms with E-state index in [9.17, 15) is 9.59 Å². The van der Waals surface area contributed by atoms with Crippen molar-refractivity contribution in [2.24, 2.45) is 0 Å². The van der Waals surface area contributed by atoms with E-state index in [1.807, 2.05) is 81.4 Å². The summed E-state index contributed by atoms with van der Waals surface area (Å²) in [6, 6.07) is 24.2. The summed E-state index contributed by atoms with van der Waals surface area (Å²) in [5.41, 5.74) is 5.53. The summed E-state index contributed by atoms with van der Waals surface area (Å²) in [5, 5.41) is 0. The van der Waals surface area contributed by atoms with Crippen LogP contribution in [0.25, 0.3) is 0 Å². The minimum atomic E-state index is -0.241. The van der Waals surface area contributed by atoms with Crippen LogP contribution >= 0.6 is 11.8 Å². The van der Waals surface area contributed by atoms with Crippen LogP contribution in [-0.4, -0.2) is 42.9 Å². The van der Waals surface area contributed by atoms with Gasteiger partial charge in [0.15, 0.2) is 0 Å². The lowest BCUT2D eigenvalue weighted by molar-refractivity contribution is -0.121. The number of rotatable bonds is 5. The van der Waals surface area contributed by atoms with Crippen LogP contribution in [0.2, 0.25) is 0 Å². The first-order valence-corrected chi connectivity index (χ1v) is 12.7. The molecule has 6 heteroatoms. The number of hydrogen-bond donors (Lipinski definition) is 0. The number of thioether (sulfide) groups is 1. The molecule has 35 heavy (non-hydrogen) atoms. The first kappa shape index (κ1) is 23.2. The maximum Gasteiger partial charge on any atom is 0.283 e. The minimum Gasteiger partial charge on any atom is -0.368 e. The van der Waals surface area contributed by atoms with Crippen molar-refractivity contribution in [1.29, 1.82) is 0 Å². The van der Waals surface area contributed by atoms with Gasteiger partial charge >= 0.3 is 0 Å². The predicted molar refractivity (Wildman–Crippen MR) is 143 cm³/mol. The normalized spacial score (nSPS) is 16.5. The standard InChI is InChI=1S/C29H29N3O2S/c1-20-12-14-24(15-13-20)35-27-26(31-18-16-30(17-19-31)23-9-5-4-6-10-23)28(33)32(29(27)34)25-11-7-8-21(2)22(25)3/h4-15H,16-19H2,1-3H3. The fourth-order valence-electron chi connectivity index (χ4n) is 4.62. The summed E-state index contributed by atoms with van der Waals surface area (Å²) in [6.45, 7) is 8.96. The minimum absolute atomic E-state index is 0.230. The molecule has 0 bridgehead atoms. The number of anilines is 2. The molecule has 2 aliphatic rings. The van der Waals surface area contributed by atoms with Crippen LogP contribution in [0.3, 0.4) is 0 Å². The topological polar surface area (TPSA) is 43.9 Å². The van der Waals surface area contributed by atoms with Crippen molar-refractivity contribution in [3.8, 4) is 0 Å². The Morgan fingerprint density at radius 2 is 1.34 bits per heavy atom. The lowest BCUT2D eigenvalue weighted by Gasteiger charge is -2.37. The third-order valence-electron chi connectivity index (χ3n) is 6.79. The van der Waals surface area contributed by atoms with Gasteiger partial charge in [0.1, 0.15) is 10.6 Å². The molecule has 0 unspecified atom stereocenters. The van der Waals surface area contributed by atoms with Crippen LogP contribution in [0.1, 0.15) is 16.7 Å². The van der Waals surface area contributed by atoms with E-state index in [1.165, 1.54) is 22.3 Å². The van der Waals surface area contributed by atoms with Crippen molar-refractivity contribution in [2.45, 2.75) is 25.7 Å². The number of imide groups is 1. The molecule has 0 saturated carbocycles. The quantitative estimate of drug-likeness (QED) is 0.460. The summed E-state index contributed by atoms with van der Waals surface area (Å²) in [6.07, 6.45) is 0. The highest BCUT2D eigenvalue weighted by atomic mass is 32.2. The van der Waals surface area contributed by atoms with Gasteiger partial charge in [0.25, 0.3) is 11.8 Å². The number of carbonyl (C=O) groups excluding carboxylic acids is 2. The van der Waals surface area contributed by atoms with Crippen LogP contribution in [0.15, 0.2) is 88.3 Å². The number of para-hydroxylation sites is 1. The lowest BCUT2D eigenvalue weighted by Crippen LogP contribution is -2.47. The number of aryl methyl sites for hydroxylation is 2. The van der Waals surface area contributed by atoms with Crippen molar-refractivity contribution in [3.05, 3.63) is 100 Å². The second-order valence-electron chi connectivity index (χ2n) is 9.07. The highest BCUT2D eigenvalue weighted by Crippen LogP contribution is 2.40. The van der Waals surface area contributed by atoms with E-state index in [2.05, 4.69) is 21.9 Å². The molecule has 2 heterocycles. The predicted octanol–water partition coefficient (Wildman–Crippen LogP) is 5.31. The SMILES string of the molecule is Cc1ccc(SC2=C(N3CCN(c4ccccc4)CC3)C(=O)N(c3cccc(C)c3C)C2=O)cc1.